The van der Waals surface area contributed by atoms with Gasteiger partial charge in [-0.1, -0.05) is 19.1 Å². The highest BCUT2D eigenvalue weighted by Crippen LogP contribution is 2.22. The molecule has 102 valence electrons. The Morgan fingerprint density at radius 2 is 1.83 bits per heavy atom. The molecular weight excluding hydrogens is 243 g/mol. The number of rotatable bonds is 6. The maximum absolute atomic E-state index is 11.9. The Morgan fingerprint density at radius 3 is 2.33 bits per heavy atom. The maximum Gasteiger partial charge on any atom is 0.389 e. The first-order chi connectivity index (χ1) is 8.42. The molecule has 18 heavy (non-hydrogen) atoms. The smallest absolute Gasteiger partial charge is 0.389 e. The Morgan fingerprint density at radius 1 is 1.22 bits per heavy atom. The molecule has 0 aliphatic carbocycles. The summed E-state index contributed by atoms with van der Waals surface area (Å²) in [6.45, 7) is 2.06. The minimum Gasteiger partial charge on any atom is -0.494 e. The first kappa shape index (κ1) is 14.8. The first-order valence-electron chi connectivity index (χ1n) is 5.97. The van der Waals surface area contributed by atoms with Crippen molar-refractivity contribution in [2.24, 2.45) is 5.73 Å². The van der Waals surface area contributed by atoms with Crippen LogP contribution in [0.4, 0.5) is 13.2 Å². The standard InChI is InChI=1S/C13H18F3NO/c1-2-12(17)10-4-6-11(7-5-10)18-9-3-8-13(14,15)16/h4-7,12H,2-3,8-9,17H2,1H3/t12-/m0/s1. The quantitative estimate of drug-likeness (QED) is 0.790. The summed E-state index contributed by atoms with van der Waals surface area (Å²) in [5.41, 5.74) is 6.85. The zero-order chi connectivity index (χ0) is 13.6. The monoisotopic (exact) mass is 261 g/mol. The molecule has 1 aromatic carbocycles. The molecule has 5 heteroatoms. The summed E-state index contributed by atoms with van der Waals surface area (Å²) in [6, 6.07) is 7.14. The van der Waals surface area contributed by atoms with Gasteiger partial charge < -0.3 is 10.5 Å². The van der Waals surface area contributed by atoms with Gasteiger partial charge in [0.2, 0.25) is 0 Å². The molecule has 2 N–H and O–H groups in total. The number of halogens is 3. The summed E-state index contributed by atoms with van der Waals surface area (Å²) in [7, 11) is 0. The van der Waals surface area contributed by atoms with Crippen LogP contribution in [0.3, 0.4) is 0 Å². The second kappa shape index (κ2) is 6.64. The summed E-state index contributed by atoms with van der Waals surface area (Å²) in [5, 5.41) is 0. The minimum atomic E-state index is -4.11. The SMILES string of the molecule is CC[C@H](N)c1ccc(OCCCC(F)(F)F)cc1. The van der Waals surface area contributed by atoms with Gasteiger partial charge in [0.1, 0.15) is 5.75 Å². The van der Waals surface area contributed by atoms with Gasteiger partial charge in [-0.2, -0.15) is 13.2 Å². The molecule has 2 nitrogen and oxygen atoms in total. The van der Waals surface area contributed by atoms with E-state index in [0.29, 0.717) is 5.75 Å². The molecule has 0 bridgehead atoms. The molecule has 0 heterocycles. The second-order valence-corrected chi connectivity index (χ2v) is 4.15. The molecule has 0 fully saturated rings. The summed E-state index contributed by atoms with van der Waals surface area (Å²) in [5.74, 6) is 0.573. The number of benzene rings is 1. The van der Waals surface area contributed by atoms with E-state index in [1.54, 1.807) is 12.1 Å². The van der Waals surface area contributed by atoms with Crippen LogP contribution in [0, 0.1) is 0 Å². The molecule has 0 aliphatic rings. The molecule has 0 aliphatic heterocycles. The van der Waals surface area contributed by atoms with E-state index >= 15 is 0 Å². The van der Waals surface area contributed by atoms with Gasteiger partial charge in [-0.05, 0) is 30.5 Å². The zero-order valence-electron chi connectivity index (χ0n) is 10.3. The Bertz CT molecular complexity index is 348. The lowest BCUT2D eigenvalue weighted by Crippen LogP contribution is -2.10. The number of hydrogen-bond acceptors (Lipinski definition) is 2. The van der Waals surface area contributed by atoms with Gasteiger partial charge in [-0.15, -0.1) is 0 Å². The van der Waals surface area contributed by atoms with E-state index in [4.69, 9.17) is 10.5 Å². The highest BCUT2D eigenvalue weighted by Gasteiger charge is 2.26. The van der Waals surface area contributed by atoms with Gasteiger partial charge in [-0.3, -0.25) is 0 Å². The summed E-state index contributed by atoms with van der Waals surface area (Å²) < 4.78 is 40.9. The molecule has 0 spiro atoms. The fraction of sp³-hybridized carbons (Fsp3) is 0.538. The van der Waals surface area contributed by atoms with Crippen LogP contribution in [-0.4, -0.2) is 12.8 Å². The Kier molecular flexibility index (Phi) is 5.47. The van der Waals surface area contributed by atoms with Crippen molar-refractivity contribution >= 4 is 0 Å². The topological polar surface area (TPSA) is 35.2 Å². The van der Waals surface area contributed by atoms with E-state index in [1.807, 2.05) is 19.1 Å². The predicted molar refractivity (Wildman–Crippen MR) is 64.4 cm³/mol. The van der Waals surface area contributed by atoms with E-state index in [1.165, 1.54) is 0 Å². The van der Waals surface area contributed by atoms with Crippen molar-refractivity contribution in [3.63, 3.8) is 0 Å². The predicted octanol–water partition coefficient (Wildman–Crippen LogP) is 3.82. The van der Waals surface area contributed by atoms with E-state index in [0.717, 1.165) is 12.0 Å². The molecule has 0 aromatic heterocycles. The number of alkyl halides is 3. The van der Waals surface area contributed by atoms with Crippen LogP contribution in [0.5, 0.6) is 5.75 Å². The van der Waals surface area contributed by atoms with Crippen molar-refractivity contribution in [1.82, 2.24) is 0 Å². The normalized spacial score (nSPS) is 13.4. The third-order valence-electron chi connectivity index (χ3n) is 2.62. The lowest BCUT2D eigenvalue weighted by molar-refractivity contribution is -0.136. The first-order valence-corrected chi connectivity index (χ1v) is 5.97. The highest BCUT2D eigenvalue weighted by molar-refractivity contribution is 5.28. The van der Waals surface area contributed by atoms with Crippen molar-refractivity contribution in [2.75, 3.05) is 6.61 Å². The average molecular weight is 261 g/mol. The van der Waals surface area contributed by atoms with Crippen LogP contribution in [0.1, 0.15) is 37.8 Å². The van der Waals surface area contributed by atoms with Crippen LogP contribution in [0.25, 0.3) is 0 Å². The van der Waals surface area contributed by atoms with Crippen molar-refractivity contribution in [3.8, 4) is 5.75 Å². The molecular formula is C13H18F3NO. The largest absolute Gasteiger partial charge is 0.494 e. The average Bonchev–Trinajstić information content (AvgIpc) is 2.33. The van der Waals surface area contributed by atoms with Gasteiger partial charge in [0.15, 0.2) is 0 Å². The fourth-order valence-corrected chi connectivity index (χ4v) is 1.51. The van der Waals surface area contributed by atoms with Crippen molar-refractivity contribution in [1.29, 1.82) is 0 Å². The molecule has 0 saturated carbocycles. The van der Waals surface area contributed by atoms with E-state index < -0.39 is 12.6 Å². The van der Waals surface area contributed by atoms with E-state index in [-0.39, 0.29) is 19.1 Å². The number of nitrogens with two attached hydrogens (primary N) is 1. The minimum absolute atomic E-state index is 0.00993. The molecule has 0 radical (unpaired) electrons. The molecule has 0 amide bonds. The number of hydrogen-bond donors (Lipinski definition) is 1. The number of ether oxygens (including phenoxy) is 1. The highest BCUT2D eigenvalue weighted by atomic mass is 19.4. The third kappa shape index (κ3) is 5.40. The van der Waals surface area contributed by atoms with E-state index in [2.05, 4.69) is 0 Å². The lowest BCUT2D eigenvalue weighted by atomic mass is 10.1. The second-order valence-electron chi connectivity index (χ2n) is 4.15. The Hall–Kier alpha value is -1.23. The van der Waals surface area contributed by atoms with Gasteiger partial charge in [0.05, 0.1) is 6.61 Å². The molecule has 0 saturated heterocycles. The fourth-order valence-electron chi connectivity index (χ4n) is 1.51. The molecule has 1 rings (SSSR count). The van der Waals surface area contributed by atoms with Crippen molar-refractivity contribution in [2.45, 2.75) is 38.4 Å². The van der Waals surface area contributed by atoms with Gasteiger partial charge in [0.25, 0.3) is 0 Å². The van der Waals surface area contributed by atoms with Crippen molar-refractivity contribution < 1.29 is 17.9 Å². The summed E-state index contributed by atoms with van der Waals surface area (Å²) in [6.07, 6.45) is -4.11. The third-order valence-corrected chi connectivity index (χ3v) is 2.62. The Labute approximate surface area is 105 Å². The van der Waals surface area contributed by atoms with Gasteiger partial charge in [0, 0.05) is 12.5 Å². The van der Waals surface area contributed by atoms with Gasteiger partial charge in [-0.25, -0.2) is 0 Å². The van der Waals surface area contributed by atoms with Crippen LogP contribution in [0.2, 0.25) is 0 Å². The molecule has 1 aromatic rings. The van der Waals surface area contributed by atoms with Crippen molar-refractivity contribution in [3.05, 3.63) is 29.8 Å². The maximum atomic E-state index is 11.9. The zero-order valence-corrected chi connectivity index (χ0v) is 10.3. The molecule has 0 unspecified atom stereocenters. The Balaban J connectivity index is 2.35. The van der Waals surface area contributed by atoms with Gasteiger partial charge >= 0.3 is 6.18 Å². The summed E-state index contributed by atoms with van der Waals surface area (Å²) >= 11 is 0. The van der Waals surface area contributed by atoms with Crippen LogP contribution in [0.15, 0.2) is 24.3 Å². The van der Waals surface area contributed by atoms with E-state index in [9.17, 15) is 13.2 Å². The van der Waals surface area contributed by atoms with Crippen LogP contribution < -0.4 is 10.5 Å². The van der Waals surface area contributed by atoms with Crippen LogP contribution in [-0.2, 0) is 0 Å². The lowest BCUT2D eigenvalue weighted by Gasteiger charge is -2.11. The molecule has 1 atom stereocenters. The summed E-state index contributed by atoms with van der Waals surface area (Å²) in [4.78, 5) is 0. The van der Waals surface area contributed by atoms with Crippen LogP contribution >= 0.6 is 0 Å².